The molecule has 1 aliphatic rings. The fraction of sp³-hybridized carbons (Fsp3) is 0.250. The van der Waals surface area contributed by atoms with E-state index in [1.54, 1.807) is 4.90 Å². The van der Waals surface area contributed by atoms with Crippen molar-refractivity contribution in [3.05, 3.63) is 70.9 Å². The number of aromatic nitrogens is 1. The van der Waals surface area contributed by atoms with E-state index in [0.717, 1.165) is 23.2 Å². The van der Waals surface area contributed by atoms with Gasteiger partial charge in [0, 0.05) is 23.1 Å². The molecule has 2 aromatic carbocycles. The first kappa shape index (κ1) is 14.8. The first-order valence-electron chi connectivity index (χ1n) is 8.19. The predicted molar refractivity (Wildman–Crippen MR) is 94.1 cm³/mol. The van der Waals surface area contributed by atoms with Gasteiger partial charge < -0.3 is 9.72 Å². The lowest BCUT2D eigenvalue weighted by molar-refractivity contribution is 0.108. The number of amides is 1. The van der Waals surface area contributed by atoms with Gasteiger partial charge in [-0.3, -0.25) is 4.90 Å². The van der Waals surface area contributed by atoms with Gasteiger partial charge in [-0.15, -0.1) is 0 Å². The van der Waals surface area contributed by atoms with Crippen LogP contribution in [0.3, 0.4) is 0 Å². The number of fused-ring (bicyclic) bond motifs is 3. The maximum Gasteiger partial charge on any atom is 0.410 e. The van der Waals surface area contributed by atoms with Crippen LogP contribution in [0.15, 0.2) is 48.5 Å². The Hall–Kier alpha value is -2.75. The number of methoxy groups -OCH3 is 1. The van der Waals surface area contributed by atoms with Crippen LogP contribution in [0.25, 0.3) is 10.9 Å². The van der Waals surface area contributed by atoms with Crippen molar-refractivity contribution >= 4 is 17.0 Å². The van der Waals surface area contributed by atoms with E-state index in [9.17, 15) is 4.79 Å². The molecule has 24 heavy (non-hydrogen) atoms. The lowest BCUT2D eigenvalue weighted by atomic mass is 9.92. The Morgan fingerprint density at radius 2 is 2.00 bits per heavy atom. The molecule has 0 radical (unpaired) electrons. The Kier molecular flexibility index (Phi) is 3.53. The van der Waals surface area contributed by atoms with Crippen LogP contribution >= 0.6 is 0 Å². The number of aromatic amines is 1. The fourth-order valence-corrected chi connectivity index (χ4v) is 3.70. The quantitative estimate of drug-likeness (QED) is 0.731. The summed E-state index contributed by atoms with van der Waals surface area (Å²) in [5.41, 5.74) is 5.86. The summed E-state index contributed by atoms with van der Waals surface area (Å²) < 4.78 is 5.02. The molecule has 4 nitrogen and oxygen atoms in total. The molecular weight excluding hydrogens is 300 g/mol. The van der Waals surface area contributed by atoms with E-state index in [1.807, 2.05) is 18.2 Å². The third-order valence-corrected chi connectivity index (χ3v) is 4.81. The van der Waals surface area contributed by atoms with Gasteiger partial charge >= 0.3 is 6.09 Å². The van der Waals surface area contributed by atoms with Crippen molar-refractivity contribution in [2.75, 3.05) is 13.7 Å². The van der Waals surface area contributed by atoms with Crippen LogP contribution in [0, 0.1) is 6.92 Å². The highest BCUT2D eigenvalue weighted by Gasteiger charge is 2.34. The summed E-state index contributed by atoms with van der Waals surface area (Å²) in [5.74, 6) is 0. The predicted octanol–water partition coefficient (Wildman–Crippen LogP) is 4.19. The topological polar surface area (TPSA) is 45.3 Å². The molecule has 0 fully saturated rings. The van der Waals surface area contributed by atoms with Crippen molar-refractivity contribution in [2.24, 2.45) is 0 Å². The number of aryl methyl sites for hydroxylation is 1. The molecule has 4 rings (SSSR count). The molecule has 1 atom stereocenters. The minimum Gasteiger partial charge on any atom is -0.453 e. The molecule has 0 saturated heterocycles. The minimum absolute atomic E-state index is 0.143. The lowest BCUT2D eigenvalue weighted by Gasteiger charge is -2.35. The Balaban J connectivity index is 1.92. The second-order valence-corrected chi connectivity index (χ2v) is 6.29. The Labute approximate surface area is 141 Å². The van der Waals surface area contributed by atoms with Gasteiger partial charge in [-0.25, -0.2) is 4.79 Å². The van der Waals surface area contributed by atoms with E-state index < -0.39 is 0 Å². The highest BCUT2D eigenvalue weighted by atomic mass is 16.5. The van der Waals surface area contributed by atoms with E-state index in [-0.39, 0.29) is 12.1 Å². The van der Waals surface area contributed by atoms with Crippen molar-refractivity contribution < 1.29 is 9.53 Å². The third-order valence-electron chi connectivity index (χ3n) is 4.81. The van der Waals surface area contributed by atoms with Gasteiger partial charge in [-0.2, -0.15) is 0 Å². The fourth-order valence-electron chi connectivity index (χ4n) is 3.70. The molecule has 1 N–H and O–H groups in total. The number of carbonyl (C=O) groups excluding carboxylic acids is 1. The SMILES string of the molecule is COC(=O)N1CCc2c([nH]c3ccc(C)cc23)[C@@H]1c1ccccc1. The Morgan fingerprint density at radius 1 is 1.21 bits per heavy atom. The zero-order chi connectivity index (χ0) is 16.7. The van der Waals surface area contributed by atoms with E-state index in [2.05, 4.69) is 42.2 Å². The number of nitrogens with one attached hydrogen (secondary N) is 1. The number of H-pyrrole nitrogens is 1. The summed E-state index contributed by atoms with van der Waals surface area (Å²) in [5, 5.41) is 1.26. The summed E-state index contributed by atoms with van der Waals surface area (Å²) in [6.45, 7) is 2.76. The molecular formula is C20H20N2O2. The highest BCUT2D eigenvalue weighted by molar-refractivity contribution is 5.86. The second-order valence-electron chi connectivity index (χ2n) is 6.29. The van der Waals surface area contributed by atoms with Gasteiger partial charge in [0.05, 0.1) is 7.11 Å². The minimum atomic E-state index is -0.288. The second kappa shape index (κ2) is 5.71. The normalized spacial score (nSPS) is 16.9. The molecule has 3 aromatic rings. The average Bonchev–Trinajstić information content (AvgIpc) is 2.98. The third kappa shape index (κ3) is 2.26. The molecule has 1 aliphatic heterocycles. The summed E-state index contributed by atoms with van der Waals surface area (Å²) >= 11 is 0. The molecule has 2 heterocycles. The van der Waals surface area contributed by atoms with Gasteiger partial charge in [0.2, 0.25) is 0 Å². The zero-order valence-electron chi connectivity index (χ0n) is 13.9. The van der Waals surface area contributed by atoms with Crippen LogP contribution in [0.1, 0.15) is 28.4 Å². The first-order chi connectivity index (χ1) is 11.7. The molecule has 1 aromatic heterocycles. The van der Waals surface area contributed by atoms with Crippen LogP contribution in [-0.2, 0) is 11.2 Å². The standard InChI is InChI=1S/C20H20N2O2/c1-13-8-9-17-16(12-13)15-10-11-22(20(23)24-2)19(18(15)21-17)14-6-4-3-5-7-14/h3-9,12,19,21H,10-11H2,1-2H3/t19-/m0/s1. The van der Waals surface area contributed by atoms with Crippen molar-refractivity contribution in [1.29, 1.82) is 0 Å². The summed E-state index contributed by atoms with van der Waals surface area (Å²) in [6.07, 6.45) is 0.543. The van der Waals surface area contributed by atoms with Crippen molar-refractivity contribution in [3.8, 4) is 0 Å². The van der Waals surface area contributed by atoms with Gasteiger partial charge in [0.25, 0.3) is 0 Å². The summed E-state index contributed by atoms with van der Waals surface area (Å²) in [4.78, 5) is 17.7. The maximum atomic E-state index is 12.3. The van der Waals surface area contributed by atoms with Crippen molar-refractivity contribution in [3.63, 3.8) is 0 Å². The first-order valence-corrected chi connectivity index (χ1v) is 8.19. The van der Waals surface area contributed by atoms with Gasteiger partial charge in [-0.1, -0.05) is 42.0 Å². The van der Waals surface area contributed by atoms with Gasteiger partial charge in [0.1, 0.15) is 6.04 Å². The van der Waals surface area contributed by atoms with E-state index in [1.165, 1.54) is 23.6 Å². The number of hydrogen-bond donors (Lipinski definition) is 1. The number of nitrogens with zero attached hydrogens (tertiary/aromatic N) is 1. The van der Waals surface area contributed by atoms with E-state index >= 15 is 0 Å². The molecule has 0 aliphatic carbocycles. The molecule has 1 amide bonds. The number of ether oxygens (including phenoxy) is 1. The monoisotopic (exact) mass is 320 g/mol. The number of benzene rings is 2. The van der Waals surface area contributed by atoms with Crippen LogP contribution in [0.5, 0.6) is 0 Å². The van der Waals surface area contributed by atoms with Crippen molar-refractivity contribution in [2.45, 2.75) is 19.4 Å². The van der Waals surface area contributed by atoms with E-state index in [0.29, 0.717) is 6.54 Å². The molecule has 0 bridgehead atoms. The summed E-state index contributed by atoms with van der Waals surface area (Å²) in [6, 6.07) is 16.4. The Morgan fingerprint density at radius 3 is 2.75 bits per heavy atom. The molecule has 122 valence electrons. The summed E-state index contributed by atoms with van der Waals surface area (Å²) in [7, 11) is 1.44. The largest absolute Gasteiger partial charge is 0.453 e. The number of hydrogen-bond acceptors (Lipinski definition) is 2. The smallest absolute Gasteiger partial charge is 0.410 e. The molecule has 0 spiro atoms. The molecule has 4 heteroatoms. The lowest BCUT2D eigenvalue weighted by Crippen LogP contribution is -2.40. The van der Waals surface area contributed by atoms with Gasteiger partial charge in [0.15, 0.2) is 0 Å². The van der Waals surface area contributed by atoms with Crippen molar-refractivity contribution in [1.82, 2.24) is 9.88 Å². The Bertz CT molecular complexity index is 899. The van der Waals surface area contributed by atoms with E-state index in [4.69, 9.17) is 4.74 Å². The number of carbonyl (C=O) groups is 1. The van der Waals surface area contributed by atoms with Crippen LogP contribution in [0.2, 0.25) is 0 Å². The van der Waals surface area contributed by atoms with Gasteiger partial charge in [-0.05, 0) is 36.6 Å². The van der Waals surface area contributed by atoms with Crippen LogP contribution in [-0.4, -0.2) is 29.6 Å². The average molecular weight is 320 g/mol. The molecule has 0 saturated carbocycles. The van der Waals surface area contributed by atoms with Crippen LogP contribution < -0.4 is 0 Å². The molecule has 0 unspecified atom stereocenters. The highest BCUT2D eigenvalue weighted by Crippen LogP contribution is 2.38. The number of rotatable bonds is 1. The van der Waals surface area contributed by atoms with Crippen LogP contribution in [0.4, 0.5) is 4.79 Å². The maximum absolute atomic E-state index is 12.3. The zero-order valence-corrected chi connectivity index (χ0v) is 13.9.